The van der Waals surface area contributed by atoms with Gasteiger partial charge in [0.25, 0.3) is 0 Å². The molecule has 0 amide bonds. The van der Waals surface area contributed by atoms with Crippen LogP contribution in [0.25, 0.3) is 21.3 Å². The number of benzene rings is 8. The Balaban J connectivity index is 0.000000139. The van der Waals surface area contributed by atoms with E-state index in [0.29, 0.717) is 0 Å². The van der Waals surface area contributed by atoms with Crippen molar-refractivity contribution in [3.05, 3.63) is 361 Å². The van der Waals surface area contributed by atoms with Gasteiger partial charge in [0.15, 0.2) is 0 Å². The van der Waals surface area contributed by atoms with Gasteiger partial charge < -0.3 is 21.3 Å². The molecule has 0 bridgehead atoms. The second-order valence-corrected chi connectivity index (χ2v) is 51.7. The average Bonchev–Trinajstić information content (AvgIpc) is 1.59. The van der Waals surface area contributed by atoms with Crippen molar-refractivity contribution in [3.8, 4) is 0 Å². The maximum Gasteiger partial charge on any atom is 4.00 e. The summed E-state index contributed by atoms with van der Waals surface area (Å²) < 4.78 is 0. The van der Waals surface area contributed by atoms with E-state index in [-0.39, 0.29) is 110 Å². The fourth-order valence-corrected chi connectivity index (χ4v) is 40.3. The zero-order valence-corrected chi connectivity index (χ0v) is 77.1. The summed E-state index contributed by atoms with van der Waals surface area (Å²) in [4.78, 5) is 0. The smallest absolute Gasteiger partial charge is 0.647 e. The molecule has 0 aromatic heterocycles. The predicted octanol–water partition coefficient (Wildman–Crippen LogP) is 20.9. The summed E-state index contributed by atoms with van der Waals surface area (Å²) in [6.07, 6.45) is 44.4. The molecule has 8 aliphatic rings. The van der Waals surface area contributed by atoms with Gasteiger partial charge in [-0.15, -0.1) is 22.2 Å². The summed E-state index contributed by atoms with van der Waals surface area (Å²) in [6.45, 7) is 39.7. The minimum Gasteiger partial charge on any atom is -0.647 e. The molecule has 4 saturated carbocycles. The van der Waals surface area contributed by atoms with Crippen LogP contribution in [0.4, 0.5) is 0 Å². The first-order valence-electron chi connectivity index (χ1n) is 42.2. The Labute approximate surface area is 704 Å². The molecule has 0 aliphatic heterocycles. The first-order valence-corrected chi connectivity index (χ1v) is 49.1. The first kappa shape index (κ1) is 85.5. The molecule has 8 unspecified atom stereocenters. The molecule has 0 spiro atoms. The summed E-state index contributed by atoms with van der Waals surface area (Å²) in [7, 11) is -5.87. The van der Waals surface area contributed by atoms with E-state index in [0.717, 1.165) is 25.7 Å². The standard InChI is InChI=1S/4C26H32NSi.Ti/c4*1-24(2)25(3,27-21-13-11-12-14-21)19-20-26(24,4)28(22-15-7-5-8-16-22)23-17-9-6-10-18-23;/h4*5-18,21,28H,19-20H2,1-4H3;/q4*-1;+4. The SMILES string of the molecule is CC1([N-]C2C=CC=C2)CCC(C)([SiH](c2ccccc2)c2ccccc2)C1(C)C.CC1([N-]C2C=CC=C2)CCC(C)([SiH](c2ccccc2)c2ccccc2)C1(C)C.CC1([N-]C2C=CC=C2)CCC(C)([SiH](c2ccccc2)c2ccccc2)C1(C)C.CC1([N-]C2C=CC=C2)CCC(C)([SiH](c2ccccc2)c2ccccc2)C1(C)C.[Ti+4]. The van der Waals surface area contributed by atoms with Crippen molar-refractivity contribution in [2.24, 2.45) is 21.7 Å². The third-order valence-corrected chi connectivity index (χ3v) is 49.4. The van der Waals surface area contributed by atoms with E-state index in [2.05, 4.69) is 451 Å². The summed E-state index contributed by atoms with van der Waals surface area (Å²) in [5.74, 6) is 0. The third kappa shape index (κ3) is 16.4. The number of rotatable bonds is 20. The van der Waals surface area contributed by atoms with E-state index in [1.165, 1.54) is 25.7 Å². The van der Waals surface area contributed by atoms with Crippen LogP contribution in [0.15, 0.2) is 340 Å². The van der Waals surface area contributed by atoms with Crippen molar-refractivity contribution in [2.75, 3.05) is 0 Å². The Bertz CT molecular complexity index is 3880. The molecule has 113 heavy (non-hydrogen) atoms. The molecule has 8 atom stereocenters. The normalized spacial score (nSPS) is 28.8. The van der Waals surface area contributed by atoms with Gasteiger partial charge in [0.05, 0.1) is 0 Å². The van der Waals surface area contributed by atoms with Crippen LogP contribution in [0.5, 0.6) is 0 Å². The van der Waals surface area contributed by atoms with Crippen LogP contribution in [0.1, 0.15) is 162 Å². The summed E-state index contributed by atoms with van der Waals surface area (Å²) in [6, 6.07) is 91.2. The molecule has 584 valence electrons. The van der Waals surface area contributed by atoms with Gasteiger partial charge in [0.2, 0.25) is 0 Å². The Hall–Kier alpha value is -6.90. The van der Waals surface area contributed by atoms with Crippen LogP contribution < -0.4 is 41.5 Å². The summed E-state index contributed by atoms with van der Waals surface area (Å²) in [5, 5.41) is 34.9. The van der Waals surface area contributed by atoms with Crippen LogP contribution in [0.2, 0.25) is 20.2 Å². The molecule has 4 fully saturated rings. The van der Waals surface area contributed by atoms with Gasteiger partial charge in [-0.2, -0.15) is 0 Å². The number of hydrogen-bond donors (Lipinski definition) is 0. The third-order valence-electron chi connectivity index (χ3n) is 31.9. The molecule has 0 heterocycles. The van der Waals surface area contributed by atoms with Gasteiger partial charge >= 0.3 is 21.7 Å². The van der Waals surface area contributed by atoms with E-state index in [1.54, 1.807) is 41.5 Å². The zero-order chi connectivity index (χ0) is 79.3. The molecule has 8 aromatic rings. The molecule has 4 nitrogen and oxygen atoms in total. The first-order chi connectivity index (χ1) is 53.5. The van der Waals surface area contributed by atoms with Gasteiger partial charge in [-0.05, 0) is 41.8 Å². The van der Waals surface area contributed by atoms with Crippen molar-refractivity contribution >= 4 is 76.7 Å². The summed E-state index contributed by atoms with van der Waals surface area (Å²) >= 11 is 0. The second-order valence-electron chi connectivity index (χ2n) is 37.8. The molecule has 8 aromatic carbocycles. The Kier molecular flexibility index (Phi) is 26.3. The van der Waals surface area contributed by atoms with Crippen LogP contribution in [-0.2, 0) is 21.7 Å². The van der Waals surface area contributed by atoms with E-state index in [1.807, 2.05) is 0 Å². The quantitative estimate of drug-likeness (QED) is 0.0683. The van der Waals surface area contributed by atoms with Gasteiger partial charge in [0.1, 0.15) is 35.2 Å². The maximum atomic E-state index is 5.37. The number of hydrogen-bond acceptors (Lipinski definition) is 0. The molecular weight excluding hydrogens is 1470 g/mol. The van der Waals surface area contributed by atoms with E-state index < -0.39 is 35.2 Å². The molecule has 0 N–H and O–H groups in total. The fraction of sp³-hybridized carbons (Fsp3) is 0.385. The maximum absolute atomic E-state index is 5.37. The van der Waals surface area contributed by atoms with Crippen LogP contribution in [0.3, 0.4) is 0 Å². The van der Waals surface area contributed by atoms with Gasteiger partial charge in [0, 0.05) is 0 Å². The van der Waals surface area contributed by atoms with Crippen molar-refractivity contribution in [1.82, 2.24) is 0 Å². The minimum absolute atomic E-state index is 0. The number of nitrogens with zero attached hydrogens (tertiary/aromatic N) is 4. The molecule has 0 saturated heterocycles. The Morgan fingerprint density at radius 3 is 0.442 bits per heavy atom. The summed E-state index contributed by atoms with van der Waals surface area (Å²) in [5.41, 5.74) is 0.417. The van der Waals surface area contributed by atoms with Gasteiger partial charge in [-0.3, -0.25) is 0 Å². The van der Waals surface area contributed by atoms with Crippen molar-refractivity contribution in [1.29, 1.82) is 0 Å². The van der Waals surface area contributed by atoms with E-state index in [9.17, 15) is 0 Å². The van der Waals surface area contributed by atoms with Crippen LogP contribution in [-0.4, -0.2) is 81.5 Å². The van der Waals surface area contributed by atoms with Crippen molar-refractivity contribution in [3.63, 3.8) is 0 Å². The molecule has 8 aliphatic carbocycles. The Morgan fingerprint density at radius 2 is 0.319 bits per heavy atom. The van der Waals surface area contributed by atoms with Crippen LogP contribution in [0, 0.1) is 21.7 Å². The minimum atomic E-state index is -1.47. The van der Waals surface area contributed by atoms with Gasteiger partial charge in [-0.1, -0.05) is 568 Å². The second kappa shape index (κ2) is 34.7. The largest absolute Gasteiger partial charge is 4.00 e. The molecular formula is C104H128N4Si4Ti. The topological polar surface area (TPSA) is 56.4 Å². The van der Waals surface area contributed by atoms with E-state index in [4.69, 9.17) is 21.3 Å². The van der Waals surface area contributed by atoms with Crippen molar-refractivity contribution in [2.45, 2.75) is 229 Å². The zero-order valence-electron chi connectivity index (χ0n) is 70.9. The average molecular weight is 1590 g/mol. The van der Waals surface area contributed by atoms with Gasteiger partial charge in [-0.25, -0.2) is 0 Å². The predicted molar refractivity (Wildman–Crippen MR) is 498 cm³/mol. The monoisotopic (exact) mass is 1590 g/mol. The Morgan fingerprint density at radius 1 is 0.195 bits per heavy atom. The number of allylic oxidation sites excluding steroid dienone is 8. The molecule has 9 heteroatoms. The fourth-order valence-electron chi connectivity index (χ4n) is 22.1. The molecule has 0 radical (unpaired) electrons. The van der Waals surface area contributed by atoms with E-state index >= 15 is 0 Å². The van der Waals surface area contributed by atoms with Crippen LogP contribution >= 0.6 is 0 Å². The molecule has 16 rings (SSSR count). The van der Waals surface area contributed by atoms with Crippen molar-refractivity contribution < 1.29 is 21.7 Å².